The molecule has 4 rings (SSSR count). The molecule has 0 bridgehead atoms. The molecule has 0 saturated carbocycles. The number of ether oxygens (including phenoxy) is 1. The number of nitrogens with two attached hydrogens (primary N) is 1. The predicted molar refractivity (Wildman–Crippen MR) is 133 cm³/mol. The van der Waals surface area contributed by atoms with Crippen molar-refractivity contribution < 1.29 is 28.6 Å². The summed E-state index contributed by atoms with van der Waals surface area (Å²) in [4.78, 5) is 48.0. The Hall–Kier alpha value is -4.91. The molecule has 1 aromatic carbocycles. The highest BCUT2D eigenvalue weighted by Crippen LogP contribution is 2.31. The Morgan fingerprint density at radius 2 is 1.92 bits per heavy atom. The van der Waals surface area contributed by atoms with Crippen molar-refractivity contribution in [2.75, 3.05) is 10.6 Å². The lowest BCUT2D eigenvalue weighted by atomic mass is 10.1. The average molecular weight is 523 g/mol. The standard InChI is InChI=1S/C24H19FN6O5S/c1-12-20(14-6-8-27-18(11-14)29-24(34)35)31-23(37-12)30-19(32)10-13-4-5-17(16(25)9-13)36-22-15(21(26)33)3-2-7-28-22/h2-9,11H,10H2,1H3,(H2,26,33)(H,27,29)(H,34,35)(H,30,31,32). The first-order valence-corrected chi connectivity index (χ1v) is 11.5. The number of carboxylic acid groups (broad SMARTS) is 1. The Labute approximate surface area is 213 Å². The molecular formula is C24H19FN6O5S. The summed E-state index contributed by atoms with van der Waals surface area (Å²) in [6.07, 6.45) is 1.45. The van der Waals surface area contributed by atoms with Crippen molar-refractivity contribution in [1.29, 1.82) is 0 Å². The van der Waals surface area contributed by atoms with Crippen LogP contribution in [0.25, 0.3) is 11.3 Å². The number of nitrogens with one attached hydrogen (secondary N) is 2. The van der Waals surface area contributed by atoms with E-state index in [1.807, 2.05) is 6.92 Å². The summed E-state index contributed by atoms with van der Waals surface area (Å²) in [5.74, 6) is -2.10. The lowest BCUT2D eigenvalue weighted by molar-refractivity contribution is -0.115. The van der Waals surface area contributed by atoms with Crippen molar-refractivity contribution in [3.8, 4) is 22.9 Å². The van der Waals surface area contributed by atoms with Crippen LogP contribution in [-0.4, -0.2) is 38.0 Å². The van der Waals surface area contributed by atoms with Crippen LogP contribution in [0.3, 0.4) is 0 Å². The predicted octanol–water partition coefficient (Wildman–Crippen LogP) is 4.21. The van der Waals surface area contributed by atoms with E-state index < -0.39 is 23.7 Å². The van der Waals surface area contributed by atoms with Crippen LogP contribution in [0.5, 0.6) is 11.6 Å². The second kappa shape index (κ2) is 10.8. The first-order valence-electron chi connectivity index (χ1n) is 10.6. The molecule has 4 aromatic rings. The molecule has 0 unspecified atom stereocenters. The maximum Gasteiger partial charge on any atom is 0.410 e. The molecule has 0 saturated heterocycles. The molecule has 3 heterocycles. The normalized spacial score (nSPS) is 10.5. The smallest absolute Gasteiger partial charge is 0.410 e. The fourth-order valence-electron chi connectivity index (χ4n) is 3.32. The van der Waals surface area contributed by atoms with Gasteiger partial charge in [-0.15, -0.1) is 11.3 Å². The number of aryl methyl sites for hydroxylation is 1. The molecule has 0 aliphatic carbocycles. The third-order valence-electron chi connectivity index (χ3n) is 4.92. The number of anilines is 2. The number of pyridine rings is 2. The van der Waals surface area contributed by atoms with Gasteiger partial charge in [-0.2, -0.15) is 0 Å². The minimum Gasteiger partial charge on any atom is -0.465 e. The molecule has 0 atom stereocenters. The molecule has 5 N–H and O–H groups in total. The summed E-state index contributed by atoms with van der Waals surface area (Å²) >= 11 is 1.24. The molecule has 11 nitrogen and oxygen atoms in total. The molecule has 0 radical (unpaired) electrons. The van der Waals surface area contributed by atoms with E-state index >= 15 is 0 Å². The van der Waals surface area contributed by atoms with E-state index in [-0.39, 0.29) is 29.4 Å². The van der Waals surface area contributed by atoms with E-state index in [1.54, 1.807) is 6.07 Å². The topological polar surface area (TPSA) is 169 Å². The second-order valence-corrected chi connectivity index (χ2v) is 8.80. The number of primary amides is 1. The molecule has 0 spiro atoms. The van der Waals surface area contributed by atoms with Crippen LogP contribution in [-0.2, 0) is 11.2 Å². The summed E-state index contributed by atoms with van der Waals surface area (Å²) in [7, 11) is 0. The largest absolute Gasteiger partial charge is 0.465 e. The number of hydrogen-bond donors (Lipinski definition) is 4. The molecule has 0 fully saturated rings. The van der Waals surface area contributed by atoms with Gasteiger partial charge in [0.1, 0.15) is 11.4 Å². The number of rotatable bonds is 8. The highest BCUT2D eigenvalue weighted by atomic mass is 32.1. The third-order valence-corrected chi connectivity index (χ3v) is 5.80. The number of hydrogen-bond acceptors (Lipinski definition) is 8. The summed E-state index contributed by atoms with van der Waals surface area (Å²) in [5.41, 5.74) is 6.86. The lowest BCUT2D eigenvalue weighted by Gasteiger charge is -2.09. The number of aromatic nitrogens is 3. The van der Waals surface area contributed by atoms with Crippen molar-refractivity contribution >= 4 is 40.2 Å². The van der Waals surface area contributed by atoms with Crippen molar-refractivity contribution in [3.63, 3.8) is 0 Å². The minimum absolute atomic E-state index is 0.00426. The fraction of sp³-hybridized carbons (Fsp3) is 0.0833. The minimum atomic E-state index is -1.24. The zero-order chi connectivity index (χ0) is 26.5. The maximum atomic E-state index is 14.6. The summed E-state index contributed by atoms with van der Waals surface area (Å²) in [5, 5.41) is 14.1. The lowest BCUT2D eigenvalue weighted by Crippen LogP contribution is -2.14. The van der Waals surface area contributed by atoms with E-state index in [0.717, 1.165) is 10.9 Å². The Balaban J connectivity index is 1.43. The summed E-state index contributed by atoms with van der Waals surface area (Å²) in [6, 6.07) is 10.1. The number of thiazole rings is 1. The van der Waals surface area contributed by atoms with E-state index in [0.29, 0.717) is 22.0 Å². The number of carbonyl (C=O) groups excluding carboxylic acids is 2. The molecular weight excluding hydrogens is 503 g/mol. The van der Waals surface area contributed by atoms with Gasteiger partial charge in [0.15, 0.2) is 16.7 Å². The number of benzene rings is 1. The third kappa shape index (κ3) is 6.21. The quantitative estimate of drug-likeness (QED) is 0.267. The number of nitrogens with zero attached hydrogens (tertiary/aromatic N) is 3. The zero-order valence-corrected chi connectivity index (χ0v) is 20.0. The highest BCUT2D eigenvalue weighted by Gasteiger charge is 2.16. The fourth-order valence-corrected chi connectivity index (χ4v) is 4.18. The van der Waals surface area contributed by atoms with Gasteiger partial charge in [0, 0.05) is 22.8 Å². The van der Waals surface area contributed by atoms with Gasteiger partial charge in [0.25, 0.3) is 5.91 Å². The van der Waals surface area contributed by atoms with E-state index in [1.165, 1.54) is 54.1 Å². The number of amides is 3. The van der Waals surface area contributed by atoms with Gasteiger partial charge in [-0.05, 0) is 48.9 Å². The Morgan fingerprint density at radius 1 is 1.11 bits per heavy atom. The van der Waals surface area contributed by atoms with Crippen LogP contribution in [0.2, 0.25) is 0 Å². The first kappa shape index (κ1) is 25.2. The summed E-state index contributed by atoms with van der Waals surface area (Å²) < 4.78 is 20.1. The molecule has 37 heavy (non-hydrogen) atoms. The van der Waals surface area contributed by atoms with Crippen LogP contribution in [0, 0.1) is 12.7 Å². The number of carbonyl (C=O) groups is 3. The van der Waals surface area contributed by atoms with Crippen molar-refractivity contribution in [2.45, 2.75) is 13.3 Å². The van der Waals surface area contributed by atoms with Crippen molar-refractivity contribution in [3.05, 3.63) is 76.7 Å². The SMILES string of the molecule is Cc1sc(NC(=O)Cc2ccc(Oc3ncccc3C(N)=O)c(F)c2)nc1-c1ccnc(NC(=O)O)c1. The molecule has 0 aliphatic heterocycles. The van der Waals surface area contributed by atoms with Gasteiger partial charge in [0.2, 0.25) is 11.8 Å². The second-order valence-electron chi connectivity index (χ2n) is 7.60. The van der Waals surface area contributed by atoms with Gasteiger partial charge < -0.3 is 20.9 Å². The molecule has 0 aliphatic rings. The van der Waals surface area contributed by atoms with Gasteiger partial charge in [-0.25, -0.2) is 24.1 Å². The van der Waals surface area contributed by atoms with Crippen molar-refractivity contribution in [2.24, 2.45) is 5.73 Å². The van der Waals surface area contributed by atoms with Crippen LogP contribution in [0.15, 0.2) is 54.9 Å². The van der Waals surface area contributed by atoms with Crippen LogP contribution < -0.4 is 21.1 Å². The molecule has 13 heteroatoms. The molecule has 188 valence electrons. The first-order chi connectivity index (χ1) is 17.7. The van der Waals surface area contributed by atoms with Crippen LogP contribution in [0.1, 0.15) is 20.8 Å². The highest BCUT2D eigenvalue weighted by molar-refractivity contribution is 7.16. The van der Waals surface area contributed by atoms with Gasteiger partial charge in [-0.3, -0.25) is 14.9 Å². The van der Waals surface area contributed by atoms with Gasteiger partial charge >= 0.3 is 6.09 Å². The van der Waals surface area contributed by atoms with Crippen LogP contribution in [0.4, 0.5) is 20.1 Å². The van der Waals surface area contributed by atoms with E-state index in [9.17, 15) is 18.8 Å². The van der Waals surface area contributed by atoms with Crippen molar-refractivity contribution in [1.82, 2.24) is 15.0 Å². The zero-order valence-electron chi connectivity index (χ0n) is 19.2. The average Bonchev–Trinajstić information content (AvgIpc) is 3.20. The van der Waals surface area contributed by atoms with E-state index in [2.05, 4.69) is 25.6 Å². The Kier molecular flexibility index (Phi) is 7.34. The van der Waals surface area contributed by atoms with Gasteiger partial charge in [-0.1, -0.05) is 6.07 Å². The van der Waals surface area contributed by atoms with E-state index in [4.69, 9.17) is 15.6 Å². The van der Waals surface area contributed by atoms with Crippen LogP contribution >= 0.6 is 11.3 Å². The number of halogens is 1. The molecule has 3 amide bonds. The molecule has 3 aromatic heterocycles. The Bertz CT molecular complexity index is 1510. The monoisotopic (exact) mass is 522 g/mol. The summed E-state index contributed by atoms with van der Waals surface area (Å²) in [6.45, 7) is 1.81. The Morgan fingerprint density at radius 3 is 2.65 bits per heavy atom. The maximum absolute atomic E-state index is 14.6. The van der Waals surface area contributed by atoms with Gasteiger partial charge in [0.05, 0.1) is 12.1 Å².